The third kappa shape index (κ3) is 5.65. The van der Waals surface area contributed by atoms with E-state index < -0.39 is 0 Å². The van der Waals surface area contributed by atoms with Crippen molar-refractivity contribution in [3.05, 3.63) is 23.8 Å². The van der Waals surface area contributed by atoms with Gasteiger partial charge in [0.2, 0.25) is 11.8 Å². The molecule has 2 heterocycles. The number of ether oxygens (including phenoxy) is 3. The van der Waals surface area contributed by atoms with E-state index in [2.05, 4.69) is 10.6 Å². The molecule has 2 aliphatic heterocycles. The quantitative estimate of drug-likeness (QED) is 0.675. The second kappa shape index (κ2) is 10.5. The van der Waals surface area contributed by atoms with Crippen molar-refractivity contribution in [3.63, 3.8) is 0 Å². The van der Waals surface area contributed by atoms with Gasteiger partial charge in [-0.2, -0.15) is 0 Å². The molecular formula is C24H33N3O6. The van der Waals surface area contributed by atoms with Crippen molar-refractivity contribution in [1.82, 2.24) is 10.2 Å². The van der Waals surface area contributed by atoms with E-state index in [1.807, 2.05) is 0 Å². The summed E-state index contributed by atoms with van der Waals surface area (Å²) in [6, 6.07) is 5.15. The molecule has 1 aromatic rings. The zero-order chi connectivity index (χ0) is 23.4. The van der Waals surface area contributed by atoms with Crippen LogP contribution in [0.25, 0.3) is 0 Å². The van der Waals surface area contributed by atoms with Crippen molar-refractivity contribution >= 4 is 23.4 Å². The summed E-state index contributed by atoms with van der Waals surface area (Å²) in [7, 11) is 3.21. The molecule has 9 heteroatoms. The van der Waals surface area contributed by atoms with E-state index in [0.717, 1.165) is 19.3 Å². The molecule has 0 bridgehead atoms. The maximum Gasteiger partial charge on any atom is 0.257 e. The molecule has 3 amide bonds. The van der Waals surface area contributed by atoms with Crippen LogP contribution in [-0.4, -0.2) is 74.3 Å². The first-order valence-electron chi connectivity index (χ1n) is 11.7. The topological polar surface area (TPSA) is 106 Å². The highest BCUT2D eigenvalue weighted by molar-refractivity contribution is 6.00. The normalized spacial score (nSPS) is 25.3. The van der Waals surface area contributed by atoms with E-state index in [4.69, 9.17) is 14.2 Å². The fourth-order valence-corrected chi connectivity index (χ4v) is 5.00. The molecule has 0 aromatic heterocycles. The minimum atomic E-state index is -0.314. The van der Waals surface area contributed by atoms with E-state index >= 15 is 0 Å². The fourth-order valence-electron chi connectivity index (χ4n) is 5.00. The Morgan fingerprint density at radius 3 is 2.70 bits per heavy atom. The van der Waals surface area contributed by atoms with Crippen LogP contribution in [0.2, 0.25) is 0 Å². The maximum absolute atomic E-state index is 13.2. The van der Waals surface area contributed by atoms with Crippen LogP contribution in [0.4, 0.5) is 5.69 Å². The lowest BCUT2D eigenvalue weighted by Gasteiger charge is -2.42. The predicted molar refractivity (Wildman–Crippen MR) is 121 cm³/mol. The Balaban J connectivity index is 1.41. The van der Waals surface area contributed by atoms with Crippen molar-refractivity contribution in [3.8, 4) is 5.75 Å². The molecule has 0 radical (unpaired) electrons. The lowest BCUT2D eigenvalue weighted by molar-refractivity contribution is -0.134. The lowest BCUT2D eigenvalue weighted by Crippen LogP contribution is -2.54. The number of amides is 3. The average molecular weight is 460 g/mol. The predicted octanol–water partition coefficient (Wildman–Crippen LogP) is 2.10. The molecule has 3 atom stereocenters. The van der Waals surface area contributed by atoms with Crippen molar-refractivity contribution < 1.29 is 28.6 Å². The number of likely N-dealkylation sites (N-methyl/N-ethyl adjacent to an activating group) is 1. The monoisotopic (exact) mass is 459 g/mol. The Kier molecular flexibility index (Phi) is 7.49. The summed E-state index contributed by atoms with van der Waals surface area (Å²) in [6.07, 6.45) is 5.74. The molecule has 33 heavy (non-hydrogen) atoms. The number of carbonyl (C=O) groups excluding carboxylic acids is 3. The van der Waals surface area contributed by atoms with Crippen LogP contribution >= 0.6 is 0 Å². The molecule has 1 aromatic carbocycles. The van der Waals surface area contributed by atoms with Crippen LogP contribution in [0.3, 0.4) is 0 Å². The van der Waals surface area contributed by atoms with Gasteiger partial charge in [-0.1, -0.05) is 12.8 Å². The third-order valence-corrected chi connectivity index (χ3v) is 6.70. The largest absolute Gasteiger partial charge is 0.490 e. The summed E-state index contributed by atoms with van der Waals surface area (Å²) in [4.78, 5) is 39.2. The molecule has 180 valence electrons. The van der Waals surface area contributed by atoms with Gasteiger partial charge in [0.25, 0.3) is 5.91 Å². The Morgan fingerprint density at radius 2 is 1.94 bits per heavy atom. The highest BCUT2D eigenvalue weighted by atomic mass is 16.5. The average Bonchev–Trinajstić information content (AvgIpc) is 3.29. The zero-order valence-electron chi connectivity index (χ0n) is 19.3. The molecule has 2 fully saturated rings. The lowest BCUT2D eigenvalue weighted by atomic mass is 9.94. The van der Waals surface area contributed by atoms with Gasteiger partial charge in [-0.05, 0) is 43.9 Å². The van der Waals surface area contributed by atoms with Crippen molar-refractivity contribution in [2.45, 2.75) is 69.2 Å². The molecule has 2 N–H and O–H groups in total. The van der Waals surface area contributed by atoms with Crippen LogP contribution in [-0.2, 0) is 19.1 Å². The van der Waals surface area contributed by atoms with Gasteiger partial charge in [0, 0.05) is 25.9 Å². The van der Waals surface area contributed by atoms with E-state index in [9.17, 15) is 14.4 Å². The summed E-state index contributed by atoms with van der Waals surface area (Å²) in [5, 5.41) is 5.84. The number of hydrogen-bond donors (Lipinski definition) is 2. The first-order chi connectivity index (χ1) is 15.9. The van der Waals surface area contributed by atoms with Gasteiger partial charge in [-0.3, -0.25) is 14.4 Å². The van der Waals surface area contributed by atoms with Gasteiger partial charge >= 0.3 is 0 Å². The van der Waals surface area contributed by atoms with Crippen LogP contribution in [0.1, 0.15) is 55.3 Å². The van der Waals surface area contributed by atoms with Crippen molar-refractivity contribution in [2.75, 3.05) is 32.7 Å². The number of carbonyl (C=O) groups is 3. The van der Waals surface area contributed by atoms with Crippen molar-refractivity contribution in [1.29, 1.82) is 0 Å². The SMILES string of the molecule is COCC(=O)Nc1ccc2c(c1)C(=O)N(C)[C@H]1CC[C@H](CC(=O)NC3CCCC3)O[C@H]1CO2. The van der Waals surface area contributed by atoms with Crippen molar-refractivity contribution in [2.24, 2.45) is 0 Å². The van der Waals surface area contributed by atoms with Gasteiger partial charge in [0.05, 0.1) is 24.1 Å². The minimum absolute atomic E-state index is 0.0370. The highest BCUT2D eigenvalue weighted by Crippen LogP contribution is 2.32. The number of benzene rings is 1. The molecule has 1 saturated heterocycles. The second-order valence-corrected chi connectivity index (χ2v) is 9.11. The minimum Gasteiger partial charge on any atom is -0.490 e. The fraction of sp³-hybridized carbons (Fsp3) is 0.625. The molecule has 1 aliphatic carbocycles. The van der Waals surface area contributed by atoms with Gasteiger partial charge in [0.15, 0.2) is 0 Å². The summed E-state index contributed by atoms with van der Waals surface area (Å²) < 4.78 is 17.1. The summed E-state index contributed by atoms with van der Waals surface area (Å²) in [5.41, 5.74) is 0.899. The first kappa shape index (κ1) is 23.5. The maximum atomic E-state index is 13.2. The van der Waals surface area contributed by atoms with E-state index in [1.54, 1.807) is 30.1 Å². The molecule has 3 aliphatic rings. The Hall–Kier alpha value is -2.65. The zero-order valence-corrected chi connectivity index (χ0v) is 19.3. The number of nitrogens with one attached hydrogen (secondary N) is 2. The van der Waals surface area contributed by atoms with Crippen LogP contribution < -0.4 is 15.4 Å². The first-order valence-corrected chi connectivity index (χ1v) is 11.7. The number of hydrogen-bond acceptors (Lipinski definition) is 6. The molecule has 9 nitrogen and oxygen atoms in total. The van der Waals surface area contributed by atoms with E-state index in [-0.39, 0.29) is 49.2 Å². The summed E-state index contributed by atoms with van der Waals surface area (Å²) in [5.74, 6) is -0.00739. The van der Waals surface area contributed by atoms with Gasteiger partial charge in [-0.25, -0.2) is 0 Å². The summed E-state index contributed by atoms with van der Waals surface area (Å²) >= 11 is 0. The van der Waals surface area contributed by atoms with Gasteiger partial charge in [-0.15, -0.1) is 0 Å². The summed E-state index contributed by atoms with van der Waals surface area (Å²) in [6.45, 7) is 0.216. The Morgan fingerprint density at radius 1 is 1.15 bits per heavy atom. The molecule has 1 saturated carbocycles. The van der Waals surface area contributed by atoms with E-state index in [1.165, 1.54) is 20.0 Å². The Labute approximate surface area is 194 Å². The van der Waals surface area contributed by atoms with Crippen LogP contribution in [0, 0.1) is 0 Å². The second-order valence-electron chi connectivity index (χ2n) is 9.11. The van der Waals surface area contributed by atoms with Gasteiger partial charge < -0.3 is 29.7 Å². The smallest absolute Gasteiger partial charge is 0.257 e. The van der Waals surface area contributed by atoms with E-state index in [0.29, 0.717) is 35.9 Å². The number of methoxy groups -OCH3 is 1. The number of nitrogens with zero attached hydrogens (tertiary/aromatic N) is 1. The van der Waals surface area contributed by atoms with Crippen LogP contribution in [0.15, 0.2) is 18.2 Å². The number of fused-ring (bicyclic) bond motifs is 2. The number of rotatable bonds is 6. The molecular weight excluding hydrogens is 426 g/mol. The molecule has 0 spiro atoms. The standard InChI is InChI=1S/C24H33N3O6/c1-27-19-9-8-17(12-22(28)25-15-5-3-4-6-15)33-21(19)13-32-20-10-7-16(11-18(20)24(27)30)26-23(29)14-31-2/h7,10-11,15,17,19,21H,3-6,8-9,12-14H2,1-2H3,(H,25,28)(H,26,29)/t17-,19+,21+/m1/s1. The van der Waals surface area contributed by atoms with Gasteiger partial charge in [0.1, 0.15) is 25.1 Å². The molecule has 4 rings (SSSR count). The molecule has 0 unspecified atom stereocenters. The Bertz CT molecular complexity index is 885. The number of anilines is 1. The highest BCUT2D eigenvalue weighted by Gasteiger charge is 2.39. The third-order valence-electron chi connectivity index (χ3n) is 6.70. The van der Waals surface area contributed by atoms with Crippen LogP contribution in [0.5, 0.6) is 5.75 Å².